The fraction of sp³-hybridized carbons (Fsp3) is 0.300. The lowest BCUT2D eigenvalue weighted by Crippen LogP contribution is -2.53. The van der Waals surface area contributed by atoms with Gasteiger partial charge in [0.15, 0.2) is 0 Å². The second kappa shape index (κ2) is 11.7. The lowest BCUT2D eigenvalue weighted by molar-refractivity contribution is -0.142. The molecule has 0 spiro atoms. The summed E-state index contributed by atoms with van der Waals surface area (Å²) in [5, 5.41) is 14.8. The van der Waals surface area contributed by atoms with Crippen molar-refractivity contribution < 1.29 is 24.2 Å². The van der Waals surface area contributed by atoms with Gasteiger partial charge in [0.1, 0.15) is 18.7 Å². The zero-order chi connectivity index (χ0) is 26.4. The van der Waals surface area contributed by atoms with Gasteiger partial charge in [-0.05, 0) is 40.2 Å². The third kappa shape index (κ3) is 6.36. The number of benzene rings is 3. The SMILES string of the molecule is CC(C)CC(NC(=O)C(Cc1ccccc1)NC(=O)OCC1c2ccccc2-c2ccccc21)C(=O)O. The molecule has 7 nitrogen and oxygen atoms in total. The van der Waals surface area contributed by atoms with E-state index in [0.29, 0.717) is 0 Å². The van der Waals surface area contributed by atoms with Crippen LogP contribution >= 0.6 is 0 Å². The van der Waals surface area contributed by atoms with Gasteiger partial charge in [-0.15, -0.1) is 0 Å². The minimum Gasteiger partial charge on any atom is -0.480 e. The van der Waals surface area contributed by atoms with Crippen LogP contribution < -0.4 is 10.6 Å². The average molecular weight is 501 g/mol. The molecule has 3 N–H and O–H groups in total. The van der Waals surface area contributed by atoms with Crippen LogP contribution in [0.2, 0.25) is 0 Å². The minimum absolute atomic E-state index is 0.0732. The van der Waals surface area contributed by atoms with Gasteiger partial charge in [0.05, 0.1) is 0 Å². The van der Waals surface area contributed by atoms with Gasteiger partial charge in [-0.25, -0.2) is 9.59 Å². The molecule has 0 radical (unpaired) electrons. The maximum Gasteiger partial charge on any atom is 0.407 e. The first kappa shape index (κ1) is 25.9. The van der Waals surface area contributed by atoms with Crippen LogP contribution in [0, 0.1) is 5.92 Å². The Morgan fingerprint density at radius 2 is 1.38 bits per heavy atom. The highest BCUT2D eigenvalue weighted by atomic mass is 16.5. The molecule has 2 atom stereocenters. The van der Waals surface area contributed by atoms with E-state index in [2.05, 4.69) is 22.8 Å². The van der Waals surface area contributed by atoms with E-state index >= 15 is 0 Å². The third-order valence-electron chi connectivity index (χ3n) is 6.56. The van der Waals surface area contributed by atoms with Gasteiger partial charge >= 0.3 is 12.1 Å². The fourth-order valence-corrected chi connectivity index (χ4v) is 4.81. The van der Waals surface area contributed by atoms with Gasteiger partial charge in [-0.3, -0.25) is 4.79 Å². The molecule has 0 saturated carbocycles. The lowest BCUT2D eigenvalue weighted by Gasteiger charge is -2.23. The summed E-state index contributed by atoms with van der Waals surface area (Å²) in [4.78, 5) is 37.7. The lowest BCUT2D eigenvalue weighted by atomic mass is 9.98. The number of alkyl carbamates (subject to hydrolysis) is 1. The molecule has 37 heavy (non-hydrogen) atoms. The highest BCUT2D eigenvalue weighted by Crippen LogP contribution is 2.44. The second-order valence-electron chi connectivity index (χ2n) is 9.74. The highest BCUT2D eigenvalue weighted by Gasteiger charge is 2.31. The van der Waals surface area contributed by atoms with Crippen LogP contribution in [0.3, 0.4) is 0 Å². The summed E-state index contributed by atoms with van der Waals surface area (Å²) in [6, 6.07) is 23.3. The molecule has 2 unspecified atom stereocenters. The number of carbonyl (C=O) groups is 3. The van der Waals surface area contributed by atoms with Crippen LogP contribution in [-0.4, -0.2) is 41.8 Å². The molecule has 4 rings (SSSR count). The highest BCUT2D eigenvalue weighted by molar-refractivity contribution is 5.89. The number of hydrogen-bond acceptors (Lipinski definition) is 4. The zero-order valence-corrected chi connectivity index (χ0v) is 21.0. The number of nitrogens with one attached hydrogen (secondary N) is 2. The number of carboxylic acid groups (broad SMARTS) is 1. The average Bonchev–Trinajstić information content (AvgIpc) is 3.20. The summed E-state index contributed by atoms with van der Waals surface area (Å²) in [6.07, 6.45) is -0.247. The van der Waals surface area contributed by atoms with Crippen molar-refractivity contribution in [2.24, 2.45) is 5.92 Å². The Morgan fingerprint density at radius 1 is 0.811 bits per heavy atom. The van der Waals surface area contributed by atoms with Crippen molar-refractivity contribution in [1.82, 2.24) is 10.6 Å². The summed E-state index contributed by atoms with van der Waals surface area (Å²) in [5.74, 6) is -1.71. The molecule has 7 heteroatoms. The van der Waals surface area contributed by atoms with Gasteiger partial charge in [0.25, 0.3) is 0 Å². The summed E-state index contributed by atoms with van der Waals surface area (Å²) < 4.78 is 5.63. The number of rotatable bonds is 10. The Bertz CT molecular complexity index is 1210. The Morgan fingerprint density at radius 3 is 1.95 bits per heavy atom. The number of fused-ring (bicyclic) bond motifs is 3. The third-order valence-corrected chi connectivity index (χ3v) is 6.56. The van der Waals surface area contributed by atoms with Crippen LogP contribution in [0.5, 0.6) is 0 Å². The van der Waals surface area contributed by atoms with Crippen LogP contribution in [-0.2, 0) is 20.7 Å². The molecule has 0 saturated heterocycles. The van der Waals surface area contributed by atoms with Crippen molar-refractivity contribution in [1.29, 1.82) is 0 Å². The monoisotopic (exact) mass is 500 g/mol. The minimum atomic E-state index is -1.11. The molecule has 3 aromatic rings. The molecular formula is C30H32N2O5. The fourth-order valence-electron chi connectivity index (χ4n) is 4.81. The normalized spacial score (nSPS) is 13.8. The predicted molar refractivity (Wildman–Crippen MR) is 141 cm³/mol. The van der Waals surface area contributed by atoms with Crippen molar-refractivity contribution in [2.75, 3.05) is 6.61 Å². The van der Waals surface area contributed by atoms with E-state index in [4.69, 9.17) is 4.74 Å². The summed E-state index contributed by atoms with van der Waals surface area (Å²) in [7, 11) is 0. The van der Waals surface area contributed by atoms with Crippen LogP contribution in [0.4, 0.5) is 4.79 Å². The first-order chi connectivity index (χ1) is 17.8. The van der Waals surface area contributed by atoms with Crippen molar-refractivity contribution in [2.45, 2.75) is 44.7 Å². The smallest absolute Gasteiger partial charge is 0.407 e. The largest absolute Gasteiger partial charge is 0.480 e. The van der Waals surface area contributed by atoms with E-state index in [1.807, 2.05) is 80.6 Å². The Kier molecular flexibility index (Phi) is 8.23. The predicted octanol–water partition coefficient (Wildman–Crippen LogP) is 4.75. The van der Waals surface area contributed by atoms with Crippen LogP contribution in [0.15, 0.2) is 78.9 Å². The van der Waals surface area contributed by atoms with E-state index in [0.717, 1.165) is 27.8 Å². The quantitative estimate of drug-likeness (QED) is 0.373. The molecule has 0 fully saturated rings. The number of aliphatic carboxylic acids is 1. The number of hydrogen-bond donors (Lipinski definition) is 3. The van der Waals surface area contributed by atoms with E-state index in [1.165, 1.54) is 0 Å². The zero-order valence-electron chi connectivity index (χ0n) is 21.0. The second-order valence-corrected chi connectivity index (χ2v) is 9.74. The molecule has 3 aromatic carbocycles. The molecule has 0 aliphatic heterocycles. The first-order valence-corrected chi connectivity index (χ1v) is 12.5. The Hall–Kier alpha value is -4.13. The summed E-state index contributed by atoms with van der Waals surface area (Å²) in [5.41, 5.74) is 5.26. The van der Waals surface area contributed by atoms with Gasteiger partial charge in [0.2, 0.25) is 5.91 Å². The van der Waals surface area contributed by atoms with Crippen molar-refractivity contribution >= 4 is 18.0 Å². The standard InChI is InChI=1S/C30H32N2O5/c1-19(2)16-27(29(34)35)31-28(33)26(17-20-10-4-3-5-11-20)32-30(36)37-18-25-23-14-8-6-12-21(23)22-13-7-9-15-24(22)25/h3-15,19,25-27H,16-18H2,1-2H3,(H,31,33)(H,32,36)(H,34,35). The van der Waals surface area contributed by atoms with Crippen LogP contribution in [0.1, 0.15) is 42.9 Å². The molecule has 0 bridgehead atoms. The van der Waals surface area contributed by atoms with E-state index < -0.39 is 30.1 Å². The van der Waals surface area contributed by atoms with Gasteiger partial charge in [-0.2, -0.15) is 0 Å². The Balaban J connectivity index is 1.46. The van der Waals surface area contributed by atoms with Gasteiger partial charge in [-0.1, -0.05) is 92.7 Å². The van der Waals surface area contributed by atoms with Gasteiger partial charge in [0, 0.05) is 12.3 Å². The molecule has 0 aromatic heterocycles. The van der Waals surface area contributed by atoms with E-state index in [-0.39, 0.29) is 31.3 Å². The molecular weight excluding hydrogens is 468 g/mol. The maximum absolute atomic E-state index is 13.1. The number of carboxylic acids is 1. The maximum atomic E-state index is 13.1. The van der Waals surface area contributed by atoms with E-state index in [1.54, 1.807) is 0 Å². The Labute approximate surface area is 216 Å². The number of carbonyl (C=O) groups excluding carboxylic acids is 2. The van der Waals surface area contributed by atoms with Crippen molar-refractivity contribution in [3.8, 4) is 11.1 Å². The molecule has 192 valence electrons. The molecule has 0 heterocycles. The number of ether oxygens (including phenoxy) is 1. The first-order valence-electron chi connectivity index (χ1n) is 12.5. The summed E-state index contributed by atoms with van der Waals surface area (Å²) in [6.45, 7) is 3.89. The topological polar surface area (TPSA) is 105 Å². The van der Waals surface area contributed by atoms with Crippen molar-refractivity contribution in [3.05, 3.63) is 95.6 Å². The molecule has 1 aliphatic carbocycles. The van der Waals surface area contributed by atoms with E-state index in [9.17, 15) is 19.5 Å². The summed E-state index contributed by atoms with van der Waals surface area (Å²) >= 11 is 0. The van der Waals surface area contributed by atoms with Gasteiger partial charge < -0.3 is 20.5 Å². The van der Waals surface area contributed by atoms with Crippen molar-refractivity contribution in [3.63, 3.8) is 0 Å². The van der Waals surface area contributed by atoms with Crippen LogP contribution in [0.25, 0.3) is 11.1 Å². The molecule has 1 aliphatic rings. The molecule has 2 amide bonds. The number of amides is 2.